The van der Waals surface area contributed by atoms with Gasteiger partial charge < -0.3 is 10.4 Å². The molecule has 0 spiro atoms. The van der Waals surface area contributed by atoms with Crippen molar-refractivity contribution in [3.63, 3.8) is 0 Å². The van der Waals surface area contributed by atoms with Gasteiger partial charge in [-0.2, -0.15) is 0 Å². The largest absolute Gasteiger partial charge is 0.508 e. The fraction of sp³-hybridized carbons (Fsp3) is 0.294. The molecule has 20 heavy (non-hydrogen) atoms. The van der Waals surface area contributed by atoms with E-state index in [4.69, 9.17) is 0 Å². The van der Waals surface area contributed by atoms with Crippen molar-refractivity contribution in [3.05, 3.63) is 65.5 Å². The third-order valence-electron chi connectivity index (χ3n) is 3.72. The van der Waals surface area contributed by atoms with Crippen LogP contribution < -0.4 is 5.32 Å². The third kappa shape index (κ3) is 3.17. The summed E-state index contributed by atoms with van der Waals surface area (Å²) in [5, 5.41) is 12.9. The van der Waals surface area contributed by atoms with Crippen LogP contribution in [0.2, 0.25) is 0 Å². The highest BCUT2D eigenvalue weighted by atomic mass is 19.1. The Morgan fingerprint density at radius 2 is 1.90 bits per heavy atom. The quantitative estimate of drug-likeness (QED) is 0.867. The normalized spacial score (nSPS) is 16.1. The van der Waals surface area contributed by atoms with Gasteiger partial charge in [0.05, 0.1) is 0 Å². The summed E-state index contributed by atoms with van der Waals surface area (Å²) >= 11 is 0. The van der Waals surface area contributed by atoms with Gasteiger partial charge in [-0.25, -0.2) is 4.39 Å². The molecule has 3 rings (SSSR count). The summed E-state index contributed by atoms with van der Waals surface area (Å²) in [5.41, 5.74) is 2.04. The molecule has 1 unspecified atom stereocenters. The van der Waals surface area contributed by atoms with E-state index in [0.29, 0.717) is 18.5 Å². The number of phenols is 1. The molecule has 0 heterocycles. The lowest BCUT2D eigenvalue weighted by atomic mass is 10.0. The Bertz CT molecular complexity index is 561. The van der Waals surface area contributed by atoms with Crippen molar-refractivity contribution in [1.29, 1.82) is 0 Å². The van der Waals surface area contributed by atoms with E-state index in [1.54, 1.807) is 6.07 Å². The first-order chi connectivity index (χ1) is 9.72. The summed E-state index contributed by atoms with van der Waals surface area (Å²) in [6, 6.07) is 14.8. The predicted molar refractivity (Wildman–Crippen MR) is 76.8 cm³/mol. The minimum atomic E-state index is -0.399. The second-order valence-electron chi connectivity index (χ2n) is 5.42. The van der Waals surface area contributed by atoms with Crippen LogP contribution in [0.4, 0.5) is 4.39 Å². The summed E-state index contributed by atoms with van der Waals surface area (Å²) in [6.45, 7) is 0.557. The van der Waals surface area contributed by atoms with Crippen molar-refractivity contribution >= 4 is 0 Å². The Balaban J connectivity index is 1.71. The smallest absolute Gasteiger partial charge is 0.127 e. The second-order valence-corrected chi connectivity index (χ2v) is 5.42. The monoisotopic (exact) mass is 271 g/mol. The summed E-state index contributed by atoms with van der Waals surface area (Å²) in [6.07, 6.45) is 2.47. The van der Waals surface area contributed by atoms with Crippen LogP contribution in [-0.2, 0) is 6.54 Å². The summed E-state index contributed by atoms with van der Waals surface area (Å²) in [5.74, 6) is 0.244. The molecule has 1 aliphatic carbocycles. The first-order valence-electron chi connectivity index (χ1n) is 6.99. The zero-order chi connectivity index (χ0) is 13.9. The molecule has 3 heteroatoms. The summed E-state index contributed by atoms with van der Waals surface area (Å²) < 4.78 is 13.3. The van der Waals surface area contributed by atoms with Crippen molar-refractivity contribution in [2.24, 2.45) is 5.92 Å². The van der Waals surface area contributed by atoms with E-state index in [-0.39, 0.29) is 5.75 Å². The first-order valence-corrected chi connectivity index (χ1v) is 6.99. The van der Waals surface area contributed by atoms with Gasteiger partial charge in [0, 0.05) is 18.7 Å². The van der Waals surface area contributed by atoms with Gasteiger partial charge in [0.25, 0.3) is 0 Å². The Kier molecular flexibility index (Phi) is 3.70. The predicted octanol–water partition coefficient (Wildman–Crippen LogP) is 3.77. The Hall–Kier alpha value is -1.87. The molecule has 2 aromatic rings. The average molecular weight is 271 g/mol. The minimum Gasteiger partial charge on any atom is -0.508 e. The van der Waals surface area contributed by atoms with Crippen LogP contribution >= 0.6 is 0 Å². The van der Waals surface area contributed by atoms with Crippen LogP contribution in [0.5, 0.6) is 5.75 Å². The fourth-order valence-electron chi connectivity index (χ4n) is 2.61. The fourth-order valence-corrected chi connectivity index (χ4v) is 2.61. The van der Waals surface area contributed by atoms with E-state index in [1.165, 1.54) is 24.5 Å². The first kappa shape index (κ1) is 13.1. The van der Waals surface area contributed by atoms with E-state index in [9.17, 15) is 9.50 Å². The van der Waals surface area contributed by atoms with Gasteiger partial charge in [0.15, 0.2) is 0 Å². The Morgan fingerprint density at radius 3 is 2.55 bits per heavy atom. The number of phenolic OH excluding ortho intramolecular Hbond substituents is 1. The maximum Gasteiger partial charge on any atom is 0.127 e. The van der Waals surface area contributed by atoms with Crippen molar-refractivity contribution in [2.75, 3.05) is 0 Å². The van der Waals surface area contributed by atoms with E-state index in [0.717, 1.165) is 11.6 Å². The van der Waals surface area contributed by atoms with E-state index in [1.807, 2.05) is 18.2 Å². The summed E-state index contributed by atoms with van der Waals surface area (Å²) in [7, 11) is 0. The summed E-state index contributed by atoms with van der Waals surface area (Å²) in [4.78, 5) is 0. The van der Waals surface area contributed by atoms with Crippen molar-refractivity contribution in [2.45, 2.75) is 25.4 Å². The molecule has 0 aliphatic heterocycles. The van der Waals surface area contributed by atoms with Crippen molar-refractivity contribution < 1.29 is 9.50 Å². The number of aromatic hydroxyl groups is 1. The molecule has 2 aromatic carbocycles. The van der Waals surface area contributed by atoms with Crippen LogP contribution in [0, 0.1) is 11.7 Å². The average Bonchev–Trinajstić information content (AvgIpc) is 3.24. The number of hydrogen-bond acceptors (Lipinski definition) is 2. The molecule has 2 nitrogen and oxygen atoms in total. The lowest BCUT2D eigenvalue weighted by Gasteiger charge is -2.19. The van der Waals surface area contributed by atoms with Crippen LogP contribution in [0.3, 0.4) is 0 Å². The van der Waals surface area contributed by atoms with E-state index >= 15 is 0 Å². The molecule has 1 fully saturated rings. The standard InChI is InChI=1S/C17H18FNO/c18-15-8-12(9-16(20)10-15)11-19-17(14-6-7-14)13-4-2-1-3-5-13/h1-5,8-10,14,17,19-20H,6-7,11H2. The van der Waals surface area contributed by atoms with Crippen molar-refractivity contribution in [1.82, 2.24) is 5.32 Å². The van der Waals surface area contributed by atoms with Gasteiger partial charge in [-0.05, 0) is 42.0 Å². The zero-order valence-corrected chi connectivity index (χ0v) is 11.2. The van der Waals surface area contributed by atoms with Crippen LogP contribution in [0.25, 0.3) is 0 Å². The molecular weight excluding hydrogens is 253 g/mol. The second kappa shape index (κ2) is 5.63. The Labute approximate surface area is 118 Å². The molecule has 0 bridgehead atoms. The topological polar surface area (TPSA) is 32.3 Å². The van der Waals surface area contributed by atoms with Crippen molar-refractivity contribution in [3.8, 4) is 5.75 Å². The van der Waals surface area contributed by atoms with Gasteiger partial charge >= 0.3 is 0 Å². The number of benzene rings is 2. The maximum absolute atomic E-state index is 13.3. The molecule has 1 aliphatic rings. The highest BCUT2D eigenvalue weighted by Gasteiger charge is 2.31. The zero-order valence-electron chi connectivity index (χ0n) is 11.2. The molecule has 0 radical (unpaired) electrons. The minimum absolute atomic E-state index is 0.0236. The van der Waals surface area contributed by atoms with Gasteiger partial charge in [-0.3, -0.25) is 0 Å². The molecule has 0 aromatic heterocycles. The lowest BCUT2D eigenvalue weighted by Crippen LogP contribution is -2.22. The molecule has 1 saturated carbocycles. The lowest BCUT2D eigenvalue weighted by molar-refractivity contribution is 0.460. The molecule has 2 N–H and O–H groups in total. The van der Waals surface area contributed by atoms with Gasteiger partial charge in [-0.1, -0.05) is 30.3 Å². The number of halogens is 1. The molecule has 1 atom stereocenters. The van der Waals surface area contributed by atoms with Gasteiger partial charge in [0.2, 0.25) is 0 Å². The molecule has 104 valence electrons. The Morgan fingerprint density at radius 1 is 1.15 bits per heavy atom. The number of hydrogen-bond donors (Lipinski definition) is 2. The molecule has 0 saturated heterocycles. The SMILES string of the molecule is Oc1cc(F)cc(CNC(c2ccccc2)C2CC2)c1. The third-order valence-corrected chi connectivity index (χ3v) is 3.72. The molecule has 0 amide bonds. The van der Waals surface area contributed by atoms with Gasteiger partial charge in [0.1, 0.15) is 11.6 Å². The van der Waals surface area contributed by atoms with Gasteiger partial charge in [-0.15, -0.1) is 0 Å². The van der Waals surface area contributed by atoms with E-state index in [2.05, 4.69) is 17.4 Å². The van der Waals surface area contributed by atoms with Crippen LogP contribution in [0.1, 0.15) is 30.0 Å². The highest BCUT2D eigenvalue weighted by molar-refractivity contribution is 5.29. The highest BCUT2D eigenvalue weighted by Crippen LogP contribution is 2.41. The van der Waals surface area contributed by atoms with E-state index < -0.39 is 5.82 Å². The number of rotatable bonds is 5. The van der Waals surface area contributed by atoms with Crippen LogP contribution in [-0.4, -0.2) is 5.11 Å². The molecular formula is C17H18FNO. The van der Waals surface area contributed by atoms with Crippen LogP contribution in [0.15, 0.2) is 48.5 Å². The number of nitrogens with one attached hydrogen (secondary N) is 1. The maximum atomic E-state index is 13.3.